The van der Waals surface area contributed by atoms with Gasteiger partial charge in [0.05, 0.1) is 6.10 Å². The van der Waals surface area contributed by atoms with Crippen molar-refractivity contribution in [3.05, 3.63) is 21.9 Å². The Labute approximate surface area is 104 Å². The molecule has 0 saturated heterocycles. The van der Waals surface area contributed by atoms with E-state index in [0.29, 0.717) is 5.92 Å². The molecule has 1 heterocycles. The van der Waals surface area contributed by atoms with E-state index < -0.39 is 0 Å². The van der Waals surface area contributed by atoms with Crippen LogP contribution in [0, 0.1) is 12.8 Å². The van der Waals surface area contributed by atoms with Crippen LogP contribution in [0.3, 0.4) is 0 Å². The number of aliphatic hydroxyl groups is 1. The SMILES string of the molecule is CCCCC(CC)CC(O)c1cscc1C. The third-order valence-corrected chi connectivity index (χ3v) is 4.23. The van der Waals surface area contributed by atoms with Gasteiger partial charge < -0.3 is 5.11 Å². The summed E-state index contributed by atoms with van der Waals surface area (Å²) in [6.45, 7) is 6.54. The average molecular weight is 240 g/mol. The summed E-state index contributed by atoms with van der Waals surface area (Å²) in [4.78, 5) is 0. The van der Waals surface area contributed by atoms with Crippen molar-refractivity contribution in [2.75, 3.05) is 0 Å². The molecule has 2 atom stereocenters. The molecule has 92 valence electrons. The van der Waals surface area contributed by atoms with E-state index >= 15 is 0 Å². The van der Waals surface area contributed by atoms with Crippen LogP contribution in [-0.4, -0.2) is 5.11 Å². The lowest BCUT2D eigenvalue weighted by Crippen LogP contribution is -2.07. The second-order valence-electron chi connectivity index (χ2n) is 4.68. The summed E-state index contributed by atoms with van der Waals surface area (Å²) in [6.07, 6.45) is 5.65. The maximum Gasteiger partial charge on any atom is 0.0803 e. The third-order valence-electron chi connectivity index (χ3n) is 3.35. The molecule has 2 unspecified atom stereocenters. The second-order valence-corrected chi connectivity index (χ2v) is 5.42. The number of hydrogen-bond acceptors (Lipinski definition) is 2. The molecule has 1 aromatic heterocycles. The summed E-state index contributed by atoms with van der Waals surface area (Å²) in [5, 5.41) is 14.4. The van der Waals surface area contributed by atoms with Crippen molar-refractivity contribution >= 4 is 11.3 Å². The van der Waals surface area contributed by atoms with Crippen molar-refractivity contribution in [1.29, 1.82) is 0 Å². The summed E-state index contributed by atoms with van der Waals surface area (Å²) >= 11 is 1.69. The van der Waals surface area contributed by atoms with Gasteiger partial charge in [0.1, 0.15) is 0 Å². The average Bonchev–Trinajstić information content (AvgIpc) is 2.70. The van der Waals surface area contributed by atoms with Crippen molar-refractivity contribution in [2.24, 2.45) is 5.92 Å². The lowest BCUT2D eigenvalue weighted by molar-refractivity contribution is 0.139. The minimum absolute atomic E-state index is 0.256. The Bertz CT molecular complexity index is 293. The fourth-order valence-corrected chi connectivity index (χ4v) is 3.03. The normalized spacial score (nSPS) is 15.0. The van der Waals surface area contributed by atoms with Gasteiger partial charge in [-0.25, -0.2) is 0 Å². The maximum atomic E-state index is 10.2. The van der Waals surface area contributed by atoms with Crippen LogP contribution in [0.25, 0.3) is 0 Å². The minimum atomic E-state index is -0.256. The van der Waals surface area contributed by atoms with E-state index in [1.54, 1.807) is 11.3 Å². The van der Waals surface area contributed by atoms with Crippen LogP contribution in [0.2, 0.25) is 0 Å². The summed E-state index contributed by atoms with van der Waals surface area (Å²) in [5.41, 5.74) is 2.38. The van der Waals surface area contributed by atoms with Crippen LogP contribution in [-0.2, 0) is 0 Å². The number of unbranched alkanes of at least 4 members (excludes halogenated alkanes) is 1. The summed E-state index contributed by atoms with van der Waals surface area (Å²) in [5.74, 6) is 0.675. The number of aryl methyl sites for hydroxylation is 1. The maximum absolute atomic E-state index is 10.2. The predicted molar refractivity (Wildman–Crippen MR) is 71.9 cm³/mol. The molecule has 0 aliphatic rings. The lowest BCUT2D eigenvalue weighted by Gasteiger charge is -2.18. The number of thiophene rings is 1. The Morgan fingerprint density at radius 2 is 2.06 bits per heavy atom. The monoisotopic (exact) mass is 240 g/mol. The van der Waals surface area contributed by atoms with Crippen LogP contribution in [0.4, 0.5) is 0 Å². The molecule has 16 heavy (non-hydrogen) atoms. The lowest BCUT2D eigenvalue weighted by atomic mass is 9.90. The van der Waals surface area contributed by atoms with Gasteiger partial charge in [-0.1, -0.05) is 39.5 Å². The van der Waals surface area contributed by atoms with Gasteiger partial charge in [-0.3, -0.25) is 0 Å². The summed E-state index contributed by atoms with van der Waals surface area (Å²) in [7, 11) is 0. The molecule has 0 aromatic carbocycles. The zero-order valence-corrected chi connectivity index (χ0v) is 11.5. The molecule has 2 heteroatoms. The van der Waals surface area contributed by atoms with Gasteiger partial charge >= 0.3 is 0 Å². The second kappa shape index (κ2) is 7.08. The van der Waals surface area contributed by atoms with Gasteiger partial charge in [0.25, 0.3) is 0 Å². The van der Waals surface area contributed by atoms with E-state index in [1.807, 2.05) is 0 Å². The van der Waals surface area contributed by atoms with Gasteiger partial charge in [0.2, 0.25) is 0 Å². The van der Waals surface area contributed by atoms with Crippen LogP contribution in [0.5, 0.6) is 0 Å². The minimum Gasteiger partial charge on any atom is -0.388 e. The first-order valence-corrected chi connectivity index (χ1v) is 7.34. The molecule has 0 saturated carbocycles. The first-order chi connectivity index (χ1) is 7.69. The molecule has 0 aliphatic carbocycles. The fourth-order valence-electron chi connectivity index (χ4n) is 2.14. The van der Waals surface area contributed by atoms with Crippen molar-refractivity contribution in [3.63, 3.8) is 0 Å². The van der Waals surface area contributed by atoms with Gasteiger partial charge in [-0.05, 0) is 41.1 Å². The molecule has 0 spiro atoms. The highest BCUT2D eigenvalue weighted by Crippen LogP contribution is 2.29. The molecular weight excluding hydrogens is 216 g/mol. The highest BCUT2D eigenvalue weighted by Gasteiger charge is 2.16. The third kappa shape index (κ3) is 3.91. The molecule has 0 bridgehead atoms. The molecule has 0 fully saturated rings. The molecule has 0 radical (unpaired) electrons. The molecule has 1 aromatic rings. The molecular formula is C14H24OS. The Hall–Kier alpha value is -0.340. The van der Waals surface area contributed by atoms with Gasteiger partial charge in [0.15, 0.2) is 0 Å². The molecule has 1 N–H and O–H groups in total. The first kappa shape index (κ1) is 13.7. The van der Waals surface area contributed by atoms with Crippen LogP contribution < -0.4 is 0 Å². The van der Waals surface area contributed by atoms with Crippen molar-refractivity contribution in [1.82, 2.24) is 0 Å². The molecule has 1 nitrogen and oxygen atoms in total. The highest BCUT2D eigenvalue weighted by molar-refractivity contribution is 7.08. The summed E-state index contributed by atoms with van der Waals surface area (Å²) in [6, 6.07) is 0. The number of rotatable bonds is 7. The van der Waals surface area contributed by atoms with Crippen molar-refractivity contribution in [3.8, 4) is 0 Å². The zero-order chi connectivity index (χ0) is 12.0. The molecule has 1 rings (SSSR count). The first-order valence-electron chi connectivity index (χ1n) is 6.39. The van der Waals surface area contributed by atoms with E-state index in [1.165, 1.54) is 31.2 Å². The Balaban J connectivity index is 2.48. The number of hydrogen-bond donors (Lipinski definition) is 1. The standard InChI is InChI=1S/C14H24OS/c1-4-6-7-12(5-2)8-14(15)13-10-16-9-11(13)3/h9-10,12,14-15H,4-8H2,1-3H3. The van der Waals surface area contributed by atoms with E-state index in [-0.39, 0.29) is 6.10 Å². The fraction of sp³-hybridized carbons (Fsp3) is 0.714. The van der Waals surface area contributed by atoms with E-state index in [9.17, 15) is 5.11 Å². The van der Waals surface area contributed by atoms with Crippen LogP contribution >= 0.6 is 11.3 Å². The summed E-state index contributed by atoms with van der Waals surface area (Å²) < 4.78 is 0. The van der Waals surface area contributed by atoms with Gasteiger partial charge in [-0.15, -0.1) is 0 Å². The number of aliphatic hydroxyl groups excluding tert-OH is 1. The zero-order valence-electron chi connectivity index (χ0n) is 10.7. The Kier molecular flexibility index (Phi) is 6.07. The van der Waals surface area contributed by atoms with Crippen molar-refractivity contribution in [2.45, 2.75) is 59.0 Å². The van der Waals surface area contributed by atoms with E-state index in [0.717, 1.165) is 12.0 Å². The topological polar surface area (TPSA) is 20.2 Å². The molecule has 0 amide bonds. The quantitative estimate of drug-likeness (QED) is 0.732. The largest absolute Gasteiger partial charge is 0.388 e. The van der Waals surface area contributed by atoms with Gasteiger partial charge in [0, 0.05) is 0 Å². The van der Waals surface area contributed by atoms with E-state index in [4.69, 9.17) is 0 Å². The van der Waals surface area contributed by atoms with Crippen molar-refractivity contribution < 1.29 is 5.11 Å². The Morgan fingerprint density at radius 3 is 2.56 bits per heavy atom. The highest BCUT2D eigenvalue weighted by atomic mass is 32.1. The smallest absolute Gasteiger partial charge is 0.0803 e. The van der Waals surface area contributed by atoms with E-state index in [2.05, 4.69) is 31.5 Å². The predicted octanol–water partition coefficient (Wildman–Crippen LogP) is 4.70. The van der Waals surface area contributed by atoms with Crippen LogP contribution in [0.15, 0.2) is 10.8 Å². The molecule has 0 aliphatic heterocycles. The van der Waals surface area contributed by atoms with Gasteiger partial charge in [-0.2, -0.15) is 11.3 Å². The Morgan fingerprint density at radius 1 is 1.31 bits per heavy atom. The van der Waals surface area contributed by atoms with Crippen LogP contribution in [0.1, 0.15) is 63.2 Å².